The number of carbonyl (C=O) groups excluding carboxylic acids is 1. The number of hydrogen-bond acceptors (Lipinski definition) is 8. The summed E-state index contributed by atoms with van der Waals surface area (Å²) in [4.78, 5) is 12.6. The molecule has 0 aliphatic carbocycles. The Morgan fingerprint density at radius 1 is 1.15 bits per heavy atom. The van der Waals surface area contributed by atoms with Crippen LogP contribution in [0.3, 0.4) is 0 Å². The largest absolute Gasteiger partial charge is 0.497 e. The Kier molecular flexibility index (Phi) is 6.72. The molecule has 2 aromatic carbocycles. The van der Waals surface area contributed by atoms with E-state index in [2.05, 4.69) is 15.5 Å². The Bertz CT molecular complexity index is 1200. The predicted octanol–water partition coefficient (Wildman–Crippen LogP) is 2.80. The van der Waals surface area contributed by atoms with Crippen LogP contribution in [0.2, 0.25) is 0 Å². The van der Waals surface area contributed by atoms with Crippen molar-refractivity contribution in [1.82, 2.24) is 14.5 Å². The van der Waals surface area contributed by atoms with Crippen LogP contribution in [0.4, 0.5) is 6.01 Å². The molecule has 1 atom stereocenters. The summed E-state index contributed by atoms with van der Waals surface area (Å²) in [6, 6.07) is 12.6. The summed E-state index contributed by atoms with van der Waals surface area (Å²) in [5.74, 6) is 0.426. The molecule has 0 unspecified atom stereocenters. The minimum absolute atomic E-state index is 0.0705. The number of ether oxygens (including phenoxy) is 2. The summed E-state index contributed by atoms with van der Waals surface area (Å²) in [6.07, 6.45) is 1.69. The molecule has 1 amide bonds. The first kappa shape index (κ1) is 22.9. The summed E-state index contributed by atoms with van der Waals surface area (Å²) in [5.41, 5.74) is 0.922. The standard InChI is InChI=1S/C22H24N4O6S/c1-26(14-18-4-3-13-31-18)33(28,29)19-11-7-15(8-12-19)20(27)23-22-25-24-21(32-22)16-5-9-17(30-2)10-6-16/h5-12,18H,3-4,13-14H2,1-2H3,(H,23,25,27)/t18-/m1/s1. The number of carbonyl (C=O) groups is 1. The molecule has 0 bridgehead atoms. The van der Waals surface area contributed by atoms with Gasteiger partial charge in [-0.2, -0.15) is 4.31 Å². The van der Waals surface area contributed by atoms with Crippen molar-refractivity contribution >= 4 is 21.9 Å². The number of aromatic nitrogens is 2. The second-order valence-corrected chi connectivity index (χ2v) is 9.58. The molecule has 4 rings (SSSR count). The van der Waals surface area contributed by atoms with E-state index in [1.165, 1.54) is 35.6 Å². The van der Waals surface area contributed by atoms with Crippen LogP contribution in [0.5, 0.6) is 5.75 Å². The van der Waals surface area contributed by atoms with Gasteiger partial charge in [-0.25, -0.2) is 8.42 Å². The zero-order valence-corrected chi connectivity index (χ0v) is 19.0. The average Bonchev–Trinajstić information content (AvgIpc) is 3.51. The van der Waals surface area contributed by atoms with E-state index in [-0.39, 0.29) is 35.0 Å². The van der Waals surface area contributed by atoms with Gasteiger partial charge in [0.25, 0.3) is 5.91 Å². The summed E-state index contributed by atoms with van der Waals surface area (Å²) in [7, 11) is -0.596. The van der Waals surface area contributed by atoms with Gasteiger partial charge in [0, 0.05) is 31.3 Å². The van der Waals surface area contributed by atoms with E-state index in [9.17, 15) is 13.2 Å². The molecule has 1 saturated heterocycles. The zero-order valence-electron chi connectivity index (χ0n) is 18.2. The van der Waals surface area contributed by atoms with E-state index in [0.29, 0.717) is 17.9 Å². The van der Waals surface area contributed by atoms with Crippen molar-refractivity contribution in [3.05, 3.63) is 54.1 Å². The lowest BCUT2D eigenvalue weighted by Gasteiger charge is -2.20. The molecule has 0 radical (unpaired) electrons. The number of hydrogen-bond donors (Lipinski definition) is 1. The molecule has 1 aromatic heterocycles. The molecular weight excluding hydrogens is 448 g/mol. The second-order valence-electron chi connectivity index (χ2n) is 7.54. The number of methoxy groups -OCH3 is 1. The third-order valence-corrected chi connectivity index (χ3v) is 7.13. The van der Waals surface area contributed by atoms with Gasteiger partial charge in [-0.1, -0.05) is 5.10 Å². The number of rotatable bonds is 8. The van der Waals surface area contributed by atoms with Crippen molar-refractivity contribution < 1.29 is 27.1 Å². The van der Waals surface area contributed by atoms with Crippen LogP contribution in [0.15, 0.2) is 57.8 Å². The molecule has 1 fully saturated rings. The van der Waals surface area contributed by atoms with Crippen LogP contribution in [-0.2, 0) is 14.8 Å². The number of benzene rings is 2. The van der Waals surface area contributed by atoms with Gasteiger partial charge in [0.15, 0.2) is 0 Å². The molecule has 33 heavy (non-hydrogen) atoms. The topological polar surface area (TPSA) is 124 Å². The maximum Gasteiger partial charge on any atom is 0.322 e. The number of likely N-dealkylation sites (N-methyl/N-ethyl adjacent to an activating group) is 1. The van der Waals surface area contributed by atoms with E-state index in [0.717, 1.165) is 12.8 Å². The molecule has 1 N–H and O–H groups in total. The zero-order chi connectivity index (χ0) is 23.4. The van der Waals surface area contributed by atoms with Crippen LogP contribution in [0, 0.1) is 0 Å². The molecular formula is C22H24N4O6S. The lowest BCUT2D eigenvalue weighted by atomic mass is 10.2. The smallest absolute Gasteiger partial charge is 0.322 e. The van der Waals surface area contributed by atoms with E-state index < -0.39 is 15.9 Å². The van der Waals surface area contributed by atoms with Crippen molar-refractivity contribution in [2.45, 2.75) is 23.8 Å². The quantitative estimate of drug-likeness (QED) is 0.531. The van der Waals surface area contributed by atoms with E-state index in [4.69, 9.17) is 13.9 Å². The fourth-order valence-electron chi connectivity index (χ4n) is 3.42. The molecule has 2 heterocycles. The number of sulfonamides is 1. The first-order valence-corrected chi connectivity index (χ1v) is 11.8. The van der Waals surface area contributed by atoms with E-state index >= 15 is 0 Å². The van der Waals surface area contributed by atoms with Crippen LogP contribution in [-0.4, -0.2) is 62.2 Å². The number of amides is 1. The Morgan fingerprint density at radius 3 is 2.52 bits per heavy atom. The predicted molar refractivity (Wildman–Crippen MR) is 119 cm³/mol. The number of anilines is 1. The number of nitrogens with one attached hydrogen (secondary N) is 1. The fourth-order valence-corrected chi connectivity index (χ4v) is 4.63. The summed E-state index contributed by atoms with van der Waals surface area (Å²) in [5, 5.41) is 10.3. The Labute approximate surface area is 191 Å². The highest BCUT2D eigenvalue weighted by Gasteiger charge is 2.26. The maximum absolute atomic E-state index is 12.8. The first-order valence-electron chi connectivity index (χ1n) is 10.3. The molecule has 1 aliphatic heterocycles. The van der Waals surface area contributed by atoms with Crippen LogP contribution in [0.1, 0.15) is 23.2 Å². The van der Waals surface area contributed by atoms with Gasteiger partial charge in [-0.15, -0.1) is 5.10 Å². The maximum atomic E-state index is 12.8. The molecule has 1 aliphatic rings. The molecule has 11 heteroatoms. The molecule has 10 nitrogen and oxygen atoms in total. The summed E-state index contributed by atoms with van der Waals surface area (Å²) in [6.45, 7) is 0.947. The van der Waals surface area contributed by atoms with Gasteiger partial charge in [-0.3, -0.25) is 10.1 Å². The van der Waals surface area contributed by atoms with Crippen molar-refractivity contribution in [3.8, 4) is 17.2 Å². The van der Waals surface area contributed by atoms with Gasteiger partial charge >= 0.3 is 6.01 Å². The lowest BCUT2D eigenvalue weighted by molar-refractivity contribution is 0.0979. The summed E-state index contributed by atoms with van der Waals surface area (Å²) < 4.78 is 43.0. The fraction of sp³-hybridized carbons (Fsp3) is 0.318. The third-order valence-electron chi connectivity index (χ3n) is 5.29. The monoisotopic (exact) mass is 472 g/mol. The molecule has 174 valence electrons. The minimum atomic E-state index is -3.69. The van der Waals surface area contributed by atoms with Gasteiger partial charge in [0.1, 0.15) is 5.75 Å². The SMILES string of the molecule is COc1ccc(-c2nnc(NC(=O)c3ccc(S(=O)(=O)N(C)C[C@H]4CCCO4)cc3)o2)cc1. The molecule has 0 spiro atoms. The normalized spacial score (nSPS) is 16.2. The van der Waals surface area contributed by atoms with Crippen molar-refractivity contribution in [2.24, 2.45) is 0 Å². The van der Waals surface area contributed by atoms with Crippen LogP contribution < -0.4 is 10.1 Å². The first-order chi connectivity index (χ1) is 15.9. The van der Waals surface area contributed by atoms with E-state index in [1.807, 2.05) is 0 Å². The van der Waals surface area contributed by atoms with Gasteiger partial charge in [-0.05, 0) is 61.4 Å². The van der Waals surface area contributed by atoms with Crippen molar-refractivity contribution in [2.75, 3.05) is 32.6 Å². The van der Waals surface area contributed by atoms with Gasteiger partial charge in [0.05, 0.1) is 18.1 Å². The highest BCUT2D eigenvalue weighted by molar-refractivity contribution is 7.89. The van der Waals surface area contributed by atoms with Crippen molar-refractivity contribution in [1.29, 1.82) is 0 Å². The highest BCUT2D eigenvalue weighted by atomic mass is 32.2. The van der Waals surface area contributed by atoms with Crippen LogP contribution >= 0.6 is 0 Å². The minimum Gasteiger partial charge on any atom is -0.497 e. The van der Waals surface area contributed by atoms with Crippen molar-refractivity contribution in [3.63, 3.8) is 0 Å². The van der Waals surface area contributed by atoms with Gasteiger partial charge < -0.3 is 13.9 Å². The Morgan fingerprint density at radius 2 is 1.88 bits per heavy atom. The summed E-state index contributed by atoms with van der Waals surface area (Å²) >= 11 is 0. The van der Waals surface area contributed by atoms with Crippen LogP contribution in [0.25, 0.3) is 11.5 Å². The highest BCUT2D eigenvalue weighted by Crippen LogP contribution is 2.23. The Hall–Kier alpha value is -3.28. The molecule has 0 saturated carbocycles. The lowest BCUT2D eigenvalue weighted by Crippen LogP contribution is -2.34. The second kappa shape index (κ2) is 9.69. The average molecular weight is 473 g/mol. The van der Waals surface area contributed by atoms with E-state index in [1.54, 1.807) is 31.4 Å². The third kappa shape index (κ3) is 5.21. The number of nitrogens with zero attached hydrogens (tertiary/aromatic N) is 3. The Balaban J connectivity index is 1.40. The molecule has 3 aromatic rings. The van der Waals surface area contributed by atoms with Gasteiger partial charge in [0.2, 0.25) is 15.9 Å².